The normalized spacial score (nSPS) is 15.8. The molecule has 0 bridgehead atoms. The third-order valence-corrected chi connectivity index (χ3v) is 5.60. The molecule has 4 rings (SSSR count). The topological polar surface area (TPSA) is 96.7 Å². The monoisotopic (exact) mass is 501 g/mol. The lowest BCUT2D eigenvalue weighted by Crippen LogP contribution is -2.38. The maximum absolute atomic E-state index is 13.7. The van der Waals surface area contributed by atoms with E-state index in [2.05, 4.69) is 20.5 Å². The lowest BCUT2D eigenvalue weighted by atomic mass is 9.89. The maximum Gasteiger partial charge on any atom is 0.398 e. The fourth-order valence-corrected chi connectivity index (χ4v) is 3.76. The number of hydrogen-bond acceptors (Lipinski definition) is 4. The zero-order valence-electron chi connectivity index (χ0n) is 17.4. The predicted octanol–water partition coefficient (Wildman–Crippen LogP) is 4.21. The molecule has 0 radical (unpaired) electrons. The molecule has 1 fully saturated rings. The Labute approximate surface area is 201 Å². The number of nitrogens with zero attached hydrogens (tertiary/aromatic N) is 2. The number of hydrogen-bond donors (Lipinski definition) is 3. The summed E-state index contributed by atoms with van der Waals surface area (Å²) in [6.07, 6.45) is 1.58. The first-order valence-corrected chi connectivity index (χ1v) is 9.93. The lowest BCUT2D eigenvalue weighted by molar-refractivity contribution is -0.168. The average Bonchev–Trinajstić information content (AvgIpc) is 3.43. The zero-order chi connectivity index (χ0) is 22.1. The van der Waals surface area contributed by atoms with Gasteiger partial charge in [-0.1, -0.05) is 12.1 Å². The van der Waals surface area contributed by atoms with E-state index in [0.717, 1.165) is 22.5 Å². The van der Waals surface area contributed by atoms with E-state index in [-0.39, 0.29) is 55.8 Å². The summed E-state index contributed by atoms with van der Waals surface area (Å²) in [5.41, 5.74) is 6.29. The molecule has 1 saturated carbocycles. The molecule has 0 spiro atoms. The molecule has 2 heterocycles. The van der Waals surface area contributed by atoms with E-state index < -0.39 is 17.5 Å². The Morgan fingerprint density at radius 3 is 2.64 bits per heavy atom. The summed E-state index contributed by atoms with van der Waals surface area (Å²) in [5.74, 6) is -0.602. The van der Waals surface area contributed by atoms with Crippen LogP contribution in [-0.2, 0) is 11.2 Å². The van der Waals surface area contributed by atoms with E-state index in [4.69, 9.17) is 5.73 Å². The number of nitrogens with two attached hydrogens (primary N) is 1. The van der Waals surface area contributed by atoms with Crippen LogP contribution in [0.4, 0.5) is 13.2 Å². The SMILES string of the molecule is Cl.Cl.N[C@H](CNC(=O)/C=C(\c1cccnc1)C1(C(F)(F)F)CC1)Cc1ccc2[nH]ncc2c1. The molecule has 1 aromatic carbocycles. The van der Waals surface area contributed by atoms with Crippen molar-refractivity contribution in [3.05, 3.63) is 66.1 Å². The largest absolute Gasteiger partial charge is 0.398 e. The number of pyridine rings is 1. The van der Waals surface area contributed by atoms with Gasteiger partial charge in [0.25, 0.3) is 0 Å². The van der Waals surface area contributed by atoms with E-state index in [1.54, 1.807) is 12.3 Å². The summed E-state index contributed by atoms with van der Waals surface area (Å²) < 4.78 is 41.1. The van der Waals surface area contributed by atoms with E-state index in [0.29, 0.717) is 12.0 Å². The molecule has 6 nitrogen and oxygen atoms in total. The van der Waals surface area contributed by atoms with Crippen LogP contribution >= 0.6 is 24.8 Å². The second-order valence-corrected chi connectivity index (χ2v) is 7.88. The summed E-state index contributed by atoms with van der Waals surface area (Å²) in [7, 11) is 0. The van der Waals surface area contributed by atoms with Crippen LogP contribution in [0.3, 0.4) is 0 Å². The molecule has 0 aliphatic heterocycles. The zero-order valence-corrected chi connectivity index (χ0v) is 19.1. The Morgan fingerprint density at radius 1 is 1.24 bits per heavy atom. The van der Waals surface area contributed by atoms with Gasteiger partial charge in [0, 0.05) is 36.4 Å². The Balaban J connectivity index is 0.00000193. The second kappa shape index (κ2) is 10.5. The van der Waals surface area contributed by atoms with Gasteiger partial charge in [-0.15, -0.1) is 24.8 Å². The molecular weight excluding hydrogens is 478 g/mol. The van der Waals surface area contributed by atoms with Gasteiger partial charge in [0.2, 0.25) is 5.91 Å². The van der Waals surface area contributed by atoms with Crippen LogP contribution in [0.5, 0.6) is 0 Å². The molecule has 33 heavy (non-hydrogen) atoms. The van der Waals surface area contributed by atoms with Crippen molar-refractivity contribution in [1.82, 2.24) is 20.5 Å². The summed E-state index contributed by atoms with van der Waals surface area (Å²) in [4.78, 5) is 16.4. The number of carbonyl (C=O) groups is 1. The van der Waals surface area contributed by atoms with Crippen molar-refractivity contribution in [2.75, 3.05) is 6.54 Å². The van der Waals surface area contributed by atoms with Gasteiger partial charge in [0.05, 0.1) is 17.1 Å². The molecule has 0 saturated heterocycles. The number of rotatable bonds is 7. The number of nitrogens with one attached hydrogen (secondary N) is 2. The van der Waals surface area contributed by atoms with Crippen LogP contribution in [0.25, 0.3) is 16.5 Å². The van der Waals surface area contributed by atoms with E-state index in [1.165, 1.54) is 18.5 Å². The standard InChI is InChI=1S/C22H22F3N5O.2ClH/c23-22(24,25)21(5-6-21)18(15-2-1-7-27-11-15)10-20(31)28-13-17(26)9-14-3-4-19-16(8-14)12-29-30-19;;/h1-4,7-8,10-12,17H,5-6,9,13,26H2,(H,28,31)(H,29,30);2*1H/b18-10+;;/t17-;;/m0../s1. The number of H-pyrrole nitrogens is 1. The van der Waals surface area contributed by atoms with Crippen LogP contribution in [0, 0.1) is 5.41 Å². The maximum atomic E-state index is 13.7. The Hall–Kier alpha value is -2.62. The predicted molar refractivity (Wildman–Crippen MR) is 125 cm³/mol. The molecule has 2 aromatic heterocycles. The molecule has 4 N–H and O–H groups in total. The van der Waals surface area contributed by atoms with Crippen molar-refractivity contribution in [1.29, 1.82) is 0 Å². The lowest BCUT2D eigenvalue weighted by Gasteiger charge is -2.23. The van der Waals surface area contributed by atoms with Crippen molar-refractivity contribution in [2.45, 2.75) is 31.5 Å². The molecule has 1 atom stereocenters. The number of fused-ring (bicyclic) bond motifs is 1. The molecule has 3 aromatic rings. The molecule has 0 unspecified atom stereocenters. The number of aromatic nitrogens is 3. The molecule has 1 aliphatic rings. The summed E-state index contributed by atoms with van der Waals surface area (Å²) in [5, 5.41) is 10.4. The van der Waals surface area contributed by atoms with Crippen LogP contribution in [0.1, 0.15) is 24.0 Å². The van der Waals surface area contributed by atoms with Gasteiger partial charge < -0.3 is 11.1 Å². The smallest absolute Gasteiger partial charge is 0.351 e. The van der Waals surface area contributed by atoms with Crippen LogP contribution in [0.15, 0.2) is 55.0 Å². The number of amides is 1. The Morgan fingerprint density at radius 2 is 2.00 bits per heavy atom. The van der Waals surface area contributed by atoms with Gasteiger partial charge in [-0.25, -0.2) is 0 Å². The van der Waals surface area contributed by atoms with Gasteiger partial charge in [-0.05, 0) is 54.2 Å². The second-order valence-electron chi connectivity index (χ2n) is 7.88. The molecular formula is C22H24Cl2F3N5O. The van der Waals surface area contributed by atoms with Gasteiger partial charge in [0.15, 0.2) is 0 Å². The summed E-state index contributed by atoms with van der Waals surface area (Å²) in [6.45, 7) is 0.137. The van der Waals surface area contributed by atoms with Crippen LogP contribution in [0.2, 0.25) is 0 Å². The van der Waals surface area contributed by atoms with Gasteiger partial charge >= 0.3 is 6.18 Å². The summed E-state index contributed by atoms with van der Waals surface area (Å²) in [6, 6.07) is 8.49. The fourth-order valence-electron chi connectivity index (χ4n) is 3.76. The minimum atomic E-state index is -4.43. The van der Waals surface area contributed by atoms with Crippen molar-refractivity contribution < 1.29 is 18.0 Å². The number of benzene rings is 1. The first-order chi connectivity index (χ1) is 14.8. The van der Waals surface area contributed by atoms with E-state index >= 15 is 0 Å². The highest BCUT2D eigenvalue weighted by molar-refractivity contribution is 5.97. The third-order valence-electron chi connectivity index (χ3n) is 5.60. The van der Waals surface area contributed by atoms with Gasteiger partial charge in [0.1, 0.15) is 0 Å². The number of carbonyl (C=O) groups excluding carboxylic acids is 1. The highest BCUT2D eigenvalue weighted by Crippen LogP contribution is 2.64. The fraction of sp³-hybridized carbons (Fsp3) is 0.318. The van der Waals surface area contributed by atoms with Crippen molar-refractivity contribution in [3.63, 3.8) is 0 Å². The molecule has 178 valence electrons. The minimum absolute atomic E-state index is 0. The van der Waals surface area contributed by atoms with Crippen LogP contribution < -0.4 is 11.1 Å². The Kier molecular flexibility index (Phi) is 8.51. The third kappa shape index (κ3) is 5.85. The number of allylic oxidation sites excluding steroid dienone is 1. The minimum Gasteiger partial charge on any atom is -0.351 e. The Bertz CT molecular complexity index is 1110. The highest BCUT2D eigenvalue weighted by atomic mass is 35.5. The van der Waals surface area contributed by atoms with Crippen molar-refractivity contribution >= 4 is 47.2 Å². The number of alkyl halides is 3. The van der Waals surface area contributed by atoms with Crippen molar-refractivity contribution in [3.8, 4) is 0 Å². The van der Waals surface area contributed by atoms with E-state index in [9.17, 15) is 18.0 Å². The average molecular weight is 502 g/mol. The van der Waals surface area contributed by atoms with E-state index in [1.807, 2.05) is 18.2 Å². The van der Waals surface area contributed by atoms with Crippen LogP contribution in [-0.4, -0.2) is 39.9 Å². The highest BCUT2D eigenvalue weighted by Gasteiger charge is 2.65. The molecule has 1 aliphatic carbocycles. The summed E-state index contributed by atoms with van der Waals surface area (Å²) >= 11 is 0. The first kappa shape index (κ1) is 26.6. The van der Waals surface area contributed by atoms with Gasteiger partial charge in [-0.3, -0.25) is 14.9 Å². The number of halogens is 5. The quantitative estimate of drug-likeness (QED) is 0.422. The van der Waals surface area contributed by atoms with Gasteiger partial charge in [-0.2, -0.15) is 18.3 Å². The first-order valence-electron chi connectivity index (χ1n) is 9.93. The number of aromatic amines is 1. The molecule has 11 heteroatoms. The van der Waals surface area contributed by atoms with Crippen molar-refractivity contribution in [2.24, 2.45) is 11.1 Å². The molecule has 1 amide bonds.